The van der Waals surface area contributed by atoms with Crippen molar-refractivity contribution in [2.75, 3.05) is 32.6 Å². The van der Waals surface area contributed by atoms with Crippen molar-refractivity contribution in [3.05, 3.63) is 98.6 Å². The number of likely N-dealkylation sites (N-methyl/N-ethyl adjacent to an activating group) is 1. The van der Waals surface area contributed by atoms with Gasteiger partial charge in [0.25, 0.3) is 0 Å². The number of carbonyl (C=O) groups excluding carboxylic acids is 3. The van der Waals surface area contributed by atoms with Crippen LogP contribution in [-0.4, -0.2) is 111 Å². The second-order valence-electron chi connectivity index (χ2n) is 23.6. The molecule has 7 aliphatic rings. The highest BCUT2D eigenvalue weighted by molar-refractivity contribution is 5.89. The maximum absolute atomic E-state index is 15.7. The molecule has 14 heteroatoms. The topological polar surface area (TPSA) is 224 Å². The summed E-state index contributed by atoms with van der Waals surface area (Å²) >= 11 is 0. The number of methoxy groups -OCH3 is 1. The zero-order chi connectivity index (χ0) is 53.6. The van der Waals surface area contributed by atoms with Crippen molar-refractivity contribution in [1.29, 1.82) is 0 Å². The molecule has 3 aromatic rings. The number of phenols is 1. The predicted octanol–water partition coefficient (Wildman–Crippen LogP) is 7.06. The normalized spacial score (nSPS) is 32.6. The maximum Gasteiger partial charge on any atom is 0.334 e. The molecule has 3 fully saturated rings. The van der Waals surface area contributed by atoms with Gasteiger partial charge in [0.2, 0.25) is 0 Å². The number of fused-ring (bicyclic) bond motifs is 8. The maximum atomic E-state index is 15.7. The Bertz CT molecular complexity index is 2790. The van der Waals surface area contributed by atoms with Crippen LogP contribution in [0.3, 0.4) is 0 Å². The number of ketones is 1. The number of hydrogen-bond donors (Lipinski definition) is 8. The number of aliphatic hydroxyl groups excluding tert-OH is 3. The molecule has 10 rings (SSSR count). The molecule has 3 heterocycles. The molecule has 13 atom stereocenters. The average Bonchev–Trinajstić information content (AvgIpc) is 3.43. The highest BCUT2D eigenvalue weighted by Crippen LogP contribution is 2.56. The number of hydrogen-bond acceptors (Lipinski definition) is 14. The molecule has 4 aliphatic carbocycles. The van der Waals surface area contributed by atoms with Gasteiger partial charge < -0.3 is 55.5 Å². The summed E-state index contributed by atoms with van der Waals surface area (Å²) in [5, 5.41) is 80.0. The molecule has 0 saturated heterocycles. The molecule has 0 unspecified atom stereocenters. The number of benzene rings is 3. The van der Waals surface area contributed by atoms with Gasteiger partial charge in [-0.15, -0.1) is 0 Å². The lowest BCUT2D eigenvalue weighted by Crippen LogP contribution is -2.63. The Hall–Kier alpha value is -5.11. The number of carbonyl (C=O) groups is 3. The third kappa shape index (κ3) is 10.5. The van der Waals surface area contributed by atoms with E-state index in [4.69, 9.17) is 14.2 Å². The van der Waals surface area contributed by atoms with E-state index in [0.29, 0.717) is 77.8 Å². The lowest BCUT2D eigenvalue weighted by Gasteiger charge is -2.56. The van der Waals surface area contributed by atoms with Gasteiger partial charge in [-0.25, -0.2) is 4.79 Å². The second-order valence-corrected chi connectivity index (χ2v) is 23.6. The number of ether oxygens (including phenoxy) is 3. The summed E-state index contributed by atoms with van der Waals surface area (Å²) in [6.45, 7) is 3.37. The highest BCUT2D eigenvalue weighted by Gasteiger charge is 2.59. The third-order valence-corrected chi connectivity index (χ3v) is 18.8. The Morgan fingerprint density at radius 1 is 0.895 bits per heavy atom. The fraction of sp³-hybridized carbons (Fsp3) is 0.597. The molecule has 0 radical (unpaired) electrons. The molecular formula is C62H78N2O12. The van der Waals surface area contributed by atoms with Crippen LogP contribution in [0.5, 0.6) is 11.5 Å². The number of aliphatic hydroxyl groups is 5. The number of nitrogens with one attached hydrogen (secondary N) is 2. The summed E-state index contributed by atoms with van der Waals surface area (Å²) in [5.41, 5.74) is 2.90. The molecule has 10 bridgehead atoms. The van der Waals surface area contributed by atoms with Gasteiger partial charge in [0, 0.05) is 73.2 Å². The number of rotatable bonds is 10. The molecule has 76 heavy (non-hydrogen) atoms. The molecule has 408 valence electrons. The summed E-state index contributed by atoms with van der Waals surface area (Å²) in [6.07, 6.45) is 5.52. The van der Waals surface area contributed by atoms with Gasteiger partial charge in [0.1, 0.15) is 40.7 Å². The monoisotopic (exact) mass is 1040 g/mol. The van der Waals surface area contributed by atoms with Crippen molar-refractivity contribution in [3.63, 3.8) is 0 Å². The van der Waals surface area contributed by atoms with Crippen molar-refractivity contribution in [3.8, 4) is 23.3 Å². The van der Waals surface area contributed by atoms with E-state index in [0.717, 1.165) is 55.2 Å². The van der Waals surface area contributed by atoms with Gasteiger partial charge in [-0.1, -0.05) is 74.8 Å². The van der Waals surface area contributed by atoms with E-state index in [1.54, 1.807) is 7.05 Å². The molecule has 3 saturated carbocycles. The van der Waals surface area contributed by atoms with Crippen LogP contribution in [0.4, 0.5) is 5.69 Å². The largest absolute Gasteiger partial charge is 0.507 e. The SMILES string of the molecule is CC[C@H]1CC[C@@H]2[C@@H]3Cc4cccc(c4)C[C@H](O)/C=C4/C[C@H](c5cc(NC[C@@](C)(O)[C@H](O)COC)c6c(c5)[C@H](O)[C@H](NC)CC6)C#C[C@@H]5CC(=O)Oc6c5cc(c(O)c6C5CCCCC5)C[C@@H](OC4=O)[C@@]1(O)[C@H]2CCC3=O. The van der Waals surface area contributed by atoms with Gasteiger partial charge in [-0.2, -0.15) is 0 Å². The van der Waals surface area contributed by atoms with Crippen LogP contribution >= 0.6 is 0 Å². The fourth-order valence-corrected chi connectivity index (χ4v) is 14.6. The van der Waals surface area contributed by atoms with E-state index < -0.39 is 65.3 Å². The lowest BCUT2D eigenvalue weighted by atomic mass is 9.53. The molecule has 0 spiro atoms. The number of aromatic hydroxyl groups is 1. The Morgan fingerprint density at radius 2 is 1.66 bits per heavy atom. The zero-order valence-electron chi connectivity index (χ0n) is 44.6. The van der Waals surface area contributed by atoms with Crippen LogP contribution in [-0.2, 0) is 49.5 Å². The summed E-state index contributed by atoms with van der Waals surface area (Å²) in [6, 6.07) is 13.3. The summed E-state index contributed by atoms with van der Waals surface area (Å²) in [4.78, 5) is 43.8. The second kappa shape index (κ2) is 22.3. The van der Waals surface area contributed by atoms with Gasteiger partial charge in [0.05, 0.1) is 31.2 Å². The fourth-order valence-electron chi connectivity index (χ4n) is 14.6. The van der Waals surface area contributed by atoms with E-state index in [1.165, 1.54) is 20.1 Å². The molecule has 0 amide bonds. The van der Waals surface area contributed by atoms with Crippen LogP contribution in [0.2, 0.25) is 0 Å². The number of esters is 2. The first-order valence-corrected chi connectivity index (χ1v) is 28.2. The van der Waals surface area contributed by atoms with Crippen LogP contribution in [0, 0.1) is 35.5 Å². The van der Waals surface area contributed by atoms with Crippen molar-refractivity contribution in [2.45, 2.75) is 182 Å². The van der Waals surface area contributed by atoms with E-state index >= 15 is 4.79 Å². The smallest absolute Gasteiger partial charge is 0.334 e. The quantitative estimate of drug-likeness (QED) is 0.0579. The van der Waals surface area contributed by atoms with E-state index in [1.807, 2.05) is 49.4 Å². The van der Waals surface area contributed by atoms with Crippen LogP contribution in [0.1, 0.15) is 166 Å². The number of phenolic OH excluding ortho intramolecular Hbond substituents is 1. The van der Waals surface area contributed by atoms with Crippen molar-refractivity contribution >= 4 is 23.4 Å². The van der Waals surface area contributed by atoms with Crippen LogP contribution in [0.25, 0.3) is 0 Å². The van der Waals surface area contributed by atoms with Crippen molar-refractivity contribution in [1.82, 2.24) is 5.32 Å². The number of anilines is 1. The Labute approximate surface area is 447 Å². The summed E-state index contributed by atoms with van der Waals surface area (Å²) in [5.74, 6) is 3.18. The number of Topliss-reactive ketones (excluding diaryl/α,β-unsaturated/α-hetero) is 1. The van der Waals surface area contributed by atoms with Crippen LogP contribution < -0.4 is 15.4 Å². The van der Waals surface area contributed by atoms with Gasteiger partial charge in [-0.05, 0) is 147 Å². The first-order valence-electron chi connectivity index (χ1n) is 28.2. The van der Waals surface area contributed by atoms with Crippen molar-refractivity contribution < 1.29 is 59.2 Å². The first kappa shape index (κ1) is 54.3. The molecule has 0 aromatic heterocycles. The van der Waals surface area contributed by atoms with Crippen LogP contribution in [0.15, 0.2) is 54.1 Å². The molecular weight excluding hydrogens is 965 g/mol. The molecule has 8 N–H and O–H groups in total. The van der Waals surface area contributed by atoms with E-state index in [2.05, 4.69) is 22.5 Å². The predicted molar refractivity (Wildman–Crippen MR) is 286 cm³/mol. The standard InChI is InChI=1S/C62H78N2O12/c1-5-42-16-17-44-47-24-35-11-9-10-34(22-35)23-43(65)26-41-25-37(39-27-48-45(18-20-50(63-3)58(48)70)51(29-39)64-33-61(2,72)53(67)32-74-4)14-15-38-31-55(68)76-59-46(38)28-40(57(69)56(59)36-12-7-6-8-13-36)30-54(75-60(41)71)62(42,73)49(44)19-21-52(47)66/h9-11,22,26-29,36-38,42-44,47,49-50,53-54,58,63-65,67,69-70,72-73H,5-8,12-13,16-21,23-25,30-33H2,1-4H3/b41-26-/t37-,38-,42+,43+,44-,47+,49+,50-,53-,54-,58+,61-,62+/m1/s1. The third-order valence-electron chi connectivity index (χ3n) is 18.8. The molecule has 14 nitrogen and oxygen atoms in total. The summed E-state index contributed by atoms with van der Waals surface area (Å²) < 4.78 is 18.3. The van der Waals surface area contributed by atoms with E-state index in [-0.39, 0.29) is 92.1 Å². The van der Waals surface area contributed by atoms with Gasteiger partial charge >= 0.3 is 11.9 Å². The Kier molecular flexibility index (Phi) is 15.9. The first-order chi connectivity index (χ1) is 36.5. The minimum absolute atomic E-state index is 0.0425. The molecule has 3 aromatic carbocycles. The average molecular weight is 1040 g/mol. The van der Waals surface area contributed by atoms with E-state index in [9.17, 15) is 40.2 Å². The zero-order valence-corrected chi connectivity index (χ0v) is 44.6. The Balaban J connectivity index is 1.20. The highest BCUT2D eigenvalue weighted by atomic mass is 16.6. The lowest BCUT2D eigenvalue weighted by molar-refractivity contribution is -0.212. The van der Waals surface area contributed by atoms with Gasteiger partial charge in [-0.3, -0.25) is 9.59 Å². The minimum atomic E-state index is -1.65. The summed E-state index contributed by atoms with van der Waals surface area (Å²) in [7, 11) is 3.25. The van der Waals surface area contributed by atoms with Gasteiger partial charge in [0.15, 0.2) is 0 Å². The van der Waals surface area contributed by atoms with Crippen molar-refractivity contribution in [2.24, 2.45) is 23.7 Å². The minimum Gasteiger partial charge on any atom is -0.507 e. The molecule has 3 aliphatic heterocycles. The Morgan fingerprint density at radius 3 is 2.41 bits per heavy atom.